The molecule has 3 atom stereocenters. The smallest absolute Gasteiger partial charge is 0.363 e. The van der Waals surface area contributed by atoms with Crippen molar-refractivity contribution in [1.82, 2.24) is 20.4 Å². The predicted octanol–water partition coefficient (Wildman–Crippen LogP) is 3.41. The molecule has 1 aromatic carbocycles. The van der Waals surface area contributed by atoms with Crippen LogP contribution in [-0.4, -0.2) is 38.6 Å². The minimum Gasteiger partial charge on any atom is -0.363 e. The number of Topliss-reactive ketones (excluding diaryl/α,β-unsaturated/α-hetero) is 1. The molecule has 1 fully saturated rings. The van der Waals surface area contributed by atoms with Crippen molar-refractivity contribution in [1.29, 1.82) is 0 Å². The maximum absolute atomic E-state index is 13.8. The second-order valence-electron chi connectivity index (χ2n) is 7.12. The number of rotatable bonds is 4. The van der Waals surface area contributed by atoms with Gasteiger partial charge in [-0.2, -0.15) is 18.3 Å². The number of aromatic nitrogens is 2. The molecule has 0 radical (unpaired) electrons. The van der Waals surface area contributed by atoms with E-state index in [1.807, 2.05) is 0 Å². The van der Waals surface area contributed by atoms with Crippen LogP contribution in [0.4, 0.5) is 18.0 Å². The number of alkyl halides is 3. The quantitative estimate of drug-likeness (QED) is 0.568. The maximum Gasteiger partial charge on any atom is 0.437 e. The number of hydrogen-bond acceptors (Lipinski definition) is 5. The van der Waals surface area contributed by atoms with Crippen LogP contribution in [0, 0.1) is 5.92 Å². The van der Waals surface area contributed by atoms with Gasteiger partial charge >= 0.3 is 12.2 Å². The average Bonchev–Trinajstić information content (AvgIpc) is 3.36. The third-order valence-corrected chi connectivity index (χ3v) is 5.97. The van der Waals surface area contributed by atoms with Crippen molar-refractivity contribution < 1.29 is 27.9 Å². The number of carbonyl (C=O) groups is 2. The Kier molecular flexibility index (Phi) is 5.10. The first-order valence-corrected chi connectivity index (χ1v) is 10.1. The lowest BCUT2D eigenvalue weighted by atomic mass is 9.79. The molecular weight excluding hydrogens is 433 g/mol. The van der Waals surface area contributed by atoms with Crippen LogP contribution in [0.15, 0.2) is 54.0 Å². The van der Waals surface area contributed by atoms with E-state index in [9.17, 15) is 27.9 Å². The summed E-state index contributed by atoms with van der Waals surface area (Å²) in [5, 5.41) is 20.6. The molecule has 2 aromatic heterocycles. The summed E-state index contributed by atoms with van der Waals surface area (Å²) in [6, 6.07) is 9.63. The molecule has 2 amide bonds. The molecule has 0 bridgehead atoms. The Hall–Kier alpha value is -3.18. The van der Waals surface area contributed by atoms with Crippen LogP contribution in [-0.2, 0) is 4.79 Å². The molecule has 11 heteroatoms. The van der Waals surface area contributed by atoms with Crippen molar-refractivity contribution in [2.75, 3.05) is 0 Å². The largest absolute Gasteiger partial charge is 0.437 e. The number of hydrogen-bond donors (Lipinski definition) is 3. The highest BCUT2D eigenvalue weighted by Gasteiger charge is 2.66. The average molecular weight is 450 g/mol. The molecule has 162 valence electrons. The van der Waals surface area contributed by atoms with Crippen LogP contribution >= 0.6 is 11.3 Å². The normalized spacial score (nSPS) is 23.8. The van der Waals surface area contributed by atoms with Crippen LogP contribution in [0.2, 0.25) is 0 Å². The van der Waals surface area contributed by atoms with Gasteiger partial charge in [0.25, 0.3) is 0 Å². The van der Waals surface area contributed by atoms with Crippen LogP contribution in [0.3, 0.4) is 0 Å². The number of amides is 2. The zero-order chi connectivity index (χ0) is 22.4. The van der Waals surface area contributed by atoms with Gasteiger partial charge in [0, 0.05) is 11.8 Å². The molecule has 0 unspecified atom stereocenters. The molecule has 1 aliphatic heterocycles. The number of halogens is 3. The molecule has 3 heterocycles. The first kappa shape index (κ1) is 21.1. The minimum atomic E-state index is -5.28. The van der Waals surface area contributed by atoms with Crippen molar-refractivity contribution in [3.63, 3.8) is 0 Å². The van der Waals surface area contributed by atoms with Crippen LogP contribution < -0.4 is 10.6 Å². The molecule has 3 N–H and O–H groups in total. The second-order valence-corrected chi connectivity index (χ2v) is 8.07. The van der Waals surface area contributed by atoms with E-state index in [4.69, 9.17) is 0 Å². The zero-order valence-electron chi connectivity index (χ0n) is 16.1. The Morgan fingerprint density at radius 3 is 2.52 bits per heavy atom. The van der Waals surface area contributed by atoms with Gasteiger partial charge in [-0.05, 0) is 30.5 Å². The molecule has 1 aliphatic rings. The van der Waals surface area contributed by atoms with Crippen molar-refractivity contribution in [2.45, 2.75) is 24.9 Å². The van der Waals surface area contributed by atoms with Gasteiger partial charge in [0.1, 0.15) is 11.5 Å². The highest BCUT2D eigenvalue weighted by molar-refractivity contribution is 7.13. The summed E-state index contributed by atoms with van der Waals surface area (Å²) in [5.41, 5.74) is -2.60. The third kappa shape index (κ3) is 3.59. The van der Waals surface area contributed by atoms with Gasteiger partial charge in [0.05, 0.1) is 22.5 Å². The lowest BCUT2D eigenvalue weighted by molar-refractivity contribution is -0.290. The summed E-state index contributed by atoms with van der Waals surface area (Å²) >= 11 is 1.30. The third-order valence-electron chi connectivity index (χ3n) is 5.10. The molecule has 0 spiro atoms. The molecule has 0 saturated carbocycles. The summed E-state index contributed by atoms with van der Waals surface area (Å²) in [4.78, 5) is 25.1. The molecule has 7 nitrogen and oxygen atoms in total. The van der Waals surface area contributed by atoms with Gasteiger partial charge in [-0.3, -0.25) is 4.79 Å². The molecular formula is C20H17F3N4O3S. The molecule has 1 saturated heterocycles. The number of nitrogens with zero attached hydrogens (tertiary/aromatic N) is 2. The number of nitrogens with one attached hydrogen (secondary N) is 2. The fraction of sp³-hybridized carbons (Fsp3) is 0.250. The maximum atomic E-state index is 13.8. The number of aliphatic hydroxyl groups is 1. The lowest BCUT2D eigenvalue weighted by Gasteiger charge is -2.44. The summed E-state index contributed by atoms with van der Waals surface area (Å²) in [6.45, 7) is 0.944. The van der Waals surface area contributed by atoms with E-state index in [0.717, 1.165) is 6.92 Å². The van der Waals surface area contributed by atoms with E-state index in [-0.39, 0.29) is 5.56 Å². The Morgan fingerprint density at radius 2 is 1.94 bits per heavy atom. The number of thiophene rings is 1. The Bertz CT molecular complexity index is 1110. The van der Waals surface area contributed by atoms with Crippen molar-refractivity contribution in [2.24, 2.45) is 5.92 Å². The van der Waals surface area contributed by atoms with E-state index in [2.05, 4.69) is 10.4 Å². The SMILES string of the molecule is CC(=O)[C@@H]1[C@@H](c2cn(-c3ccccc3)nc2-c2cccs2)NC(=O)N[C@]1(O)C(F)(F)F. The Morgan fingerprint density at radius 1 is 1.23 bits per heavy atom. The van der Waals surface area contributed by atoms with E-state index in [1.54, 1.807) is 47.8 Å². The second kappa shape index (κ2) is 7.50. The Balaban J connectivity index is 1.91. The fourth-order valence-corrected chi connectivity index (χ4v) is 4.45. The molecule has 4 rings (SSSR count). The summed E-state index contributed by atoms with van der Waals surface area (Å²) in [6.07, 6.45) is -3.81. The van der Waals surface area contributed by atoms with Gasteiger partial charge < -0.3 is 15.7 Å². The number of ketones is 1. The first-order chi connectivity index (χ1) is 14.6. The van der Waals surface area contributed by atoms with Crippen molar-refractivity contribution in [3.05, 3.63) is 59.6 Å². The highest BCUT2D eigenvalue weighted by atomic mass is 32.1. The summed E-state index contributed by atoms with van der Waals surface area (Å²) in [5.74, 6) is -2.97. The fourth-order valence-electron chi connectivity index (χ4n) is 3.72. The van der Waals surface area contributed by atoms with E-state index < -0.39 is 35.7 Å². The van der Waals surface area contributed by atoms with Gasteiger partial charge in [-0.1, -0.05) is 24.3 Å². The molecule has 0 aliphatic carbocycles. The summed E-state index contributed by atoms with van der Waals surface area (Å²) < 4.78 is 42.8. The van der Waals surface area contributed by atoms with Gasteiger partial charge in [0.2, 0.25) is 5.72 Å². The van der Waals surface area contributed by atoms with Gasteiger partial charge in [-0.15, -0.1) is 11.3 Å². The standard InChI is InChI=1S/C20H17F3N4O3S/c1-11(28)15-17(24-18(29)25-19(15,30)20(21,22)23)13-10-27(12-6-3-2-4-7-12)26-16(13)14-8-5-9-31-14/h2-10,15,17,30H,1H3,(H2,24,25,29)/t15-,17-,19-/m1/s1. The molecule has 3 aromatic rings. The van der Waals surface area contributed by atoms with Crippen molar-refractivity contribution >= 4 is 23.2 Å². The van der Waals surface area contributed by atoms with Crippen LogP contribution in [0.25, 0.3) is 16.3 Å². The van der Waals surface area contributed by atoms with Crippen molar-refractivity contribution in [3.8, 4) is 16.3 Å². The molecule has 31 heavy (non-hydrogen) atoms. The topological polar surface area (TPSA) is 96.2 Å². The van der Waals surface area contributed by atoms with Crippen LogP contribution in [0.5, 0.6) is 0 Å². The monoisotopic (exact) mass is 450 g/mol. The number of urea groups is 1. The summed E-state index contributed by atoms with van der Waals surface area (Å²) in [7, 11) is 0. The number of para-hydroxylation sites is 1. The minimum absolute atomic E-state index is 0.184. The van der Waals surface area contributed by atoms with E-state index >= 15 is 0 Å². The van der Waals surface area contributed by atoms with Gasteiger partial charge in [-0.25, -0.2) is 9.48 Å². The Labute approximate surface area is 178 Å². The van der Waals surface area contributed by atoms with Crippen LogP contribution in [0.1, 0.15) is 18.5 Å². The van der Waals surface area contributed by atoms with Gasteiger partial charge in [0.15, 0.2) is 0 Å². The van der Waals surface area contributed by atoms with E-state index in [1.165, 1.54) is 27.5 Å². The highest BCUT2D eigenvalue weighted by Crippen LogP contribution is 2.45. The predicted molar refractivity (Wildman–Crippen MR) is 106 cm³/mol. The first-order valence-electron chi connectivity index (χ1n) is 9.19. The zero-order valence-corrected chi connectivity index (χ0v) is 16.9. The lowest BCUT2D eigenvalue weighted by Crippen LogP contribution is -2.72. The number of carbonyl (C=O) groups excluding carboxylic acids is 2. The van der Waals surface area contributed by atoms with E-state index in [0.29, 0.717) is 16.3 Å². The number of benzene rings is 1.